The quantitative estimate of drug-likeness (QED) is 0.759. The van der Waals surface area contributed by atoms with Gasteiger partial charge in [0.1, 0.15) is 5.52 Å². The number of aromatic nitrogens is 3. The van der Waals surface area contributed by atoms with Gasteiger partial charge in [-0.25, -0.2) is 4.98 Å². The molecule has 0 saturated heterocycles. The topological polar surface area (TPSA) is 60.0 Å². The number of benzene rings is 1. The summed E-state index contributed by atoms with van der Waals surface area (Å²) in [5, 5.41) is 0. The lowest BCUT2D eigenvalue weighted by atomic mass is 10.2. The molecule has 0 fully saturated rings. The zero-order chi connectivity index (χ0) is 13.4. The SMILES string of the molecule is CN(C)c1ccc(-n2c(N)nc3cnccc32)cc1. The van der Waals surface area contributed by atoms with Crippen molar-refractivity contribution in [3.05, 3.63) is 42.7 Å². The van der Waals surface area contributed by atoms with Gasteiger partial charge in [-0.1, -0.05) is 0 Å². The van der Waals surface area contributed by atoms with Gasteiger partial charge in [0.25, 0.3) is 0 Å². The van der Waals surface area contributed by atoms with E-state index >= 15 is 0 Å². The molecule has 0 atom stereocenters. The van der Waals surface area contributed by atoms with Crippen LogP contribution in [0.4, 0.5) is 11.6 Å². The molecule has 5 nitrogen and oxygen atoms in total. The highest BCUT2D eigenvalue weighted by Crippen LogP contribution is 2.23. The molecule has 0 aliphatic carbocycles. The fourth-order valence-corrected chi connectivity index (χ4v) is 2.12. The molecule has 0 saturated carbocycles. The third-order valence-electron chi connectivity index (χ3n) is 3.11. The second kappa shape index (κ2) is 4.28. The number of nitrogens with zero attached hydrogens (tertiary/aromatic N) is 4. The molecular weight excluding hydrogens is 238 g/mol. The van der Waals surface area contributed by atoms with Crippen molar-refractivity contribution in [2.75, 3.05) is 24.7 Å². The third-order valence-corrected chi connectivity index (χ3v) is 3.11. The first-order valence-corrected chi connectivity index (χ1v) is 6.02. The predicted octanol–water partition coefficient (Wildman–Crippen LogP) is 2.07. The smallest absolute Gasteiger partial charge is 0.205 e. The first kappa shape index (κ1) is 11.5. The van der Waals surface area contributed by atoms with Gasteiger partial charge in [0, 0.05) is 31.7 Å². The van der Waals surface area contributed by atoms with Crippen LogP contribution in [0.3, 0.4) is 0 Å². The van der Waals surface area contributed by atoms with Crippen LogP contribution in [0.5, 0.6) is 0 Å². The van der Waals surface area contributed by atoms with Crippen molar-refractivity contribution in [2.24, 2.45) is 0 Å². The van der Waals surface area contributed by atoms with Gasteiger partial charge in [0.15, 0.2) is 0 Å². The second-order valence-electron chi connectivity index (χ2n) is 4.58. The number of rotatable bonds is 2. The van der Waals surface area contributed by atoms with Crippen LogP contribution in [0.15, 0.2) is 42.7 Å². The maximum Gasteiger partial charge on any atom is 0.205 e. The van der Waals surface area contributed by atoms with Crippen LogP contribution in [0.1, 0.15) is 0 Å². The largest absolute Gasteiger partial charge is 0.378 e. The molecule has 5 heteroatoms. The van der Waals surface area contributed by atoms with Crippen molar-refractivity contribution < 1.29 is 0 Å². The highest BCUT2D eigenvalue weighted by atomic mass is 15.2. The lowest BCUT2D eigenvalue weighted by Crippen LogP contribution is -2.08. The second-order valence-corrected chi connectivity index (χ2v) is 4.58. The minimum Gasteiger partial charge on any atom is -0.378 e. The van der Waals surface area contributed by atoms with Gasteiger partial charge < -0.3 is 10.6 Å². The summed E-state index contributed by atoms with van der Waals surface area (Å²) in [7, 11) is 4.03. The van der Waals surface area contributed by atoms with E-state index in [1.807, 2.05) is 36.9 Å². The maximum atomic E-state index is 6.00. The lowest BCUT2D eigenvalue weighted by molar-refractivity contribution is 1.09. The van der Waals surface area contributed by atoms with E-state index in [9.17, 15) is 0 Å². The molecule has 0 unspecified atom stereocenters. The van der Waals surface area contributed by atoms with Gasteiger partial charge in [0.05, 0.1) is 11.7 Å². The minimum atomic E-state index is 0.473. The van der Waals surface area contributed by atoms with E-state index in [4.69, 9.17) is 5.73 Å². The van der Waals surface area contributed by atoms with Gasteiger partial charge in [-0.2, -0.15) is 0 Å². The fraction of sp³-hybridized carbons (Fsp3) is 0.143. The first-order chi connectivity index (χ1) is 9.16. The summed E-state index contributed by atoms with van der Waals surface area (Å²) in [6, 6.07) is 10.1. The molecule has 96 valence electrons. The van der Waals surface area contributed by atoms with E-state index in [0.717, 1.165) is 22.4 Å². The van der Waals surface area contributed by atoms with E-state index < -0.39 is 0 Å². The molecule has 3 rings (SSSR count). The van der Waals surface area contributed by atoms with Crippen LogP contribution in [-0.4, -0.2) is 28.6 Å². The van der Waals surface area contributed by atoms with Crippen LogP contribution >= 0.6 is 0 Å². The molecule has 2 heterocycles. The van der Waals surface area contributed by atoms with Gasteiger partial charge in [-0.05, 0) is 30.3 Å². The number of hydrogen-bond acceptors (Lipinski definition) is 4. The molecule has 0 bridgehead atoms. The molecule has 19 heavy (non-hydrogen) atoms. The molecule has 0 amide bonds. The summed E-state index contributed by atoms with van der Waals surface area (Å²) in [6.07, 6.45) is 3.46. The molecular formula is C14H15N5. The van der Waals surface area contributed by atoms with Crippen molar-refractivity contribution in [1.29, 1.82) is 0 Å². The van der Waals surface area contributed by atoms with E-state index in [2.05, 4.69) is 27.0 Å². The highest BCUT2D eigenvalue weighted by Gasteiger charge is 2.09. The van der Waals surface area contributed by atoms with Crippen molar-refractivity contribution in [3.63, 3.8) is 0 Å². The summed E-state index contributed by atoms with van der Waals surface area (Å²) < 4.78 is 1.93. The molecule has 2 aromatic heterocycles. The molecule has 0 aliphatic heterocycles. The maximum absolute atomic E-state index is 6.00. The molecule has 3 aromatic rings. The summed E-state index contributed by atoms with van der Waals surface area (Å²) >= 11 is 0. The summed E-state index contributed by atoms with van der Waals surface area (Å²) in [5.74, 6) is 0.473. The predicted molar refractivity (Wildman–Crippen MR) is 77.6 cm³/mol. The van der Waals surface area contributed by atoms with E-state index in [1.54, 1.807) is 12.4 Å². The Bertz CT molecular complexity index is 712. The number of pyridine rings is 1. The average Bonchev–Trinajstić information content (AvgIpc) is 2.74. The summed E-state index contributed by atoms with van der Waals surface area (Å²) in [5.41, 5.74) is 9.91. The number of fused-ring (bicyclic) bond motifs is 1. The van der Waals surface area contributed by atoms with E-state index in [1.165, 1.54) is 0 Å². The van der Waals surface area contributed by atoms with Crippen LogP contribution in [0.25, 0.3) is 16.7 Å². The van der Waals surface area contributed by atoms with Crippen molar-refractivity contribution >= 4 is 22.7 Å². The number of nitrogen functional groups attached to an aromatic ring is 1. The normalized spacial score (nSPS) is 10.8. The average molecular weight is 253 g/mol. The van der Waals surface area contributed by atoms with Crippen molar-refractivity contribution in [2.45, 2.75) is 0 Å². The van der Waals surface area contributed by atoms with Gasteiger partial charge in [0.2, 0.25) is 5.95 Å². The minimum absolute atomic E-state index is 0.473. The van der Waals surface area contributed by atoms with Crippen LogP contribution in [0.2, 0.25) is 0 Å². The lowest BCUT2D eigenvalue weighted by Gasteiger charge is -2.13. The highest BCUT2D eigenvalue weighted by molar-refractivity contribution is 5.79. The Hall–Kier alpha value is -2.56. The Kier molecular flexibility index (Phi) is 2.59. The molecule has 1 aromatic carbocycles. The molecule has 0 spiro atoms. The standard InChI is InChI=1S/C14H15N5/c1-18(2)10-3-5-11(6-4-10)19-13-7-8-16-9-12(13)17-14(19)15/h3-9H,1-2H3,(H2,15,17). The fourth-order valence-electron chi connectivity index (χ4n) is 2.12. The zero-order valence-corrected chi connectivity index (χ0v) is 10.9. The Morgan fingerprint density at radius 1 is 1.11 bits per heavy atom. The Morgan fingerprint density at radius 2 is 1.84 bits per heavy atom. The first-order valence-electron chi connectivity index (χ1n) is 6.02. The van der Waals surface area contributed by atoms with Gasteiger partial charge in [-0.3, -0.25) is 9.55 Å². The van der Waals surface area contributed by atoms with Gasteiger partial charge >= 0.3 is 0 Å². The van der Waals surface area contributed by atoms with Crippen LogP contribution in [-0.2, 0) is 0 Å². The molecule has 0 aliphatic rings. The van der Waals surface area contributed by atoms with Crippen LogP contribution < -0.4 is 10.6 Å². The van der Waals surface area contributed by atoms with Crippen molar-refractivity contribution in [3.8, 4) is 5.69 Å². The Balaban J connectivity index is 2.16. The molecule has 0 radical (unpaired) electrons. The van der Waals surface area contributed by atoms with Crippen molar-refractivity contribution in [1.82, 2.24) is 14.5 Å². The van der Waals surface area contributed by atoms with Crippen LogP contribution in [0, 0.1) is 0 Å². The monoisotopic (exact) mass is 253 g/mol. The van der Waals surface area contributed by atoms with Gasteiger partial charge in [-0.15, -0.1) is 0 Å². The van der Waals surface area contributed by atoms with E-state index in [0.29, 0.717) is 5.95 Å². The number of nitrogens with two attached hydrogens (primary N) is 1. The zero-order valence-electron chi connectivity index (χ0n) is 10.9. The third kappa shape index (κ3) is 1.89. The Morgan fingerprint density at radius 3 is 2.53 bits per heavy atom. The Labute approximate surface area is 111 Å². The number of anilines is 2. The molecule has 2 N–H and O–H groups in total. The van der Waals surface area contributed by atoms with E-state index in [-0.39, 0.29) is 0 Å². The number of imidazole rings is 1. The number of hydrogen-bond donors (Lipinski definition) is 1. The summed E-state index contributed by atoms with van der Waals surface area (Å²) in [6.45, 7) is 0. The summed E-state index contributed by atoms with van der Waals surface area (Å²) in [4.78, 5) is 10.4.